The zero-order valence-electron chi connectivity index (χ0n) is 17.2. The minimum Gasteiger partial charge on any atom is -0.489 e. The summed E-state index contributed by atoms with van der Waals surface area (Å²) in [5, 5.41) is 0. The van der Waals surface area contributed by atoms with E-state index in [9.17, 15) is 4.79 Å². The van der Waals surface area contributed by atoms with Crippen LogP contribution >= 0.6 is 0 Å². The van der Waals surface area contributed by atoms with E-state index in [4.69, 9.17) is 4.74 Å². The lowest BCUT2D eigenvalue weighted by Crippen LogP contribution is -3.11. The third kappa shape index (κ3) is 5.59. The van der Waals surface area contributed by atoms with Crippen molar-refractivity contribution in [1.82, 2.24) is 4.90 Å². The molecule has 4 heteroatoms. The van der Waals surface area contributed by atoms with Crippen molar-refractivity contribution in [1.29, 1.82) is 0 Å². The van der Waals surface area contributed by atoms with E-state index < -0.39 is 0 Å². The average Bonchev–Trinajstić information content (AvgIpc) is 2.75. The maximum absolute atomic E-state index is 12.5. The van der Waals surface area contributed by atoms with Gasteiger partial charge in [0.1, 0.15) is 18.9 Å². The van der Waals surface area contributed by atoms with Gasteiger partial charge in [-0.05, 0) is 43.7 Å². The highest BCUT2D eigenvalue weighted by atomic mass is 16.5. The van der Waals surface area contributed by atoms with E-state index in [-0.39, 0.29) is 5.92 Å². The molecule has 0 saturated carbocycles. The first kappa shape index (κ1) is 20.4. The number of nitrogens with zero attached hydrogens (tertiary/aromatic N) is 1. The van der Waals surface area contributed by atoms with E-state index >= 15 is 0 Å². The van der Waals surface area contributed by atoms with Crippen molar-refractivity contribution < 1.29 is 14.4 Å². The van der Waals surface area contributed by atoms with Crippen LogP contribution in [0.4, 0.5) is 0 Å². The van der Waals surface area contributed by atoms with Gasteiger partial charge in [-0.3, -0.25) is 4.79 Å². The zero-order chi connectivity index (χ0) is 19.8. The van der Waals surface area contributed by atoms with Gasteiger partial charge in [0, 0.05) is 37.4 Å². The summed E-state index contributed by atoms with van der Waals surface area (Å²) < 4.78 is 5.87. The Balaban J connectivity index is 1.44. The average molecular weight is 382 g/mol. The number of ether oxygens (including phenoxy) is 1. The number of likely N-dealkylation sites (tertiary alicyclic amines) is 1. The van der Waals surface area contributed by atoms with Crippen LogP contribution in [0.2, 0.25) is 0 Å². The van der Waals surface area contributed by atoms with Crippen LogP contribution in [0, 0.1) is 5.92 Å². The van der Waals surface area contributed by atoms with E-state index in [0.717, 1.165) is 51.3 Å². The summed E-state index contributed by atoms with van der Waals surface area (Å²) >= 11 is 0. The molecule has 0 spiro atoms. The maximum Gasteiger partial charge on any atom is 0.226 e. The second kappa shape index (κ2) is 10.3. The van der Waals surface area contributed by atoms with E-state index in [1.807, 2.05) is 23.1 Å². The molecule has 0 unspecified atom stereocenters. The number of rotatable bonds is 8. The molecule has 2 aromatic carbocycles. The van der Waals surface area contributed by atoms with E-state index in [1.54, 1.807) is 4.90 Å². The Bertz CT molecular complexity index is 718. The second-order valence-electron chi connectivity index (χ2n) is 7.63. The van der Waals surface area contributed by atoms with Crippen LogP contribution in [0.5, 0.6) is 5.75 Å². The molecular weight excluding hydrogens is 348 g/mol. The van der Waals surface area contributed by atoms with Crippen molar-refractivity contribution >= 4 is 5.91 Å². The molecule has 150 valence electrons. The molecule has 2 aromatic rings. The molecule has 3 rings (SSSR count). The lowest BCUT2D eigenvalue weighted by atomic mass is 9.95. The summed E-state index contributed by atoms with van der Waals surface area (Å²) in [6, 6.07) is 18.7. The number of hydrogen-bond donors (Lipinski definition) is 1. The molecule has 1 saturated heterocycles. The monoisotopic (exact) mass is 381 g/mol. The molecular formula is C24H33N2O2+. The van der Waals surface area contributed by atoms with Crippen LogP contribution in [0.1, 0.15) is 37.8 Å². The van der Waals surface area contributed by atoms with Gasteiger partial charge < -0.3 is 14.5 Å². The predicted molar refractivity (Wildman–Crippen MR) is 112 cm³/mol. The van der Waals surface area contributed by atoms with Crippen molar-refractivity contribution in [3.05, 3.63) is 65.7 Å². The molecule has 28 heavy (non-hydrogen) atoms. The van der Waals surface area contributed by atoms with Crippen LogP contribution in [-0.2, 0) is 17.9 Å². The van der Waals surface area contributed by atoms with Crippen LogP contribution in [0.3, 0.4) is 0 Å². The summed E-state index contributed by atoms with van der Waals surface area (Å²) in [6.07, 6.45) is 2.01. The van der Waals surface area contributed by atoms with Gasteiger partial charge in [-0.2, -0.15) is 0 Å². The summed E-state index contributed by atoms with van der Waals surface area (Å²) in [5.74, 6) is 1.48. The summed E-state index contributed by atoms with van der Waals surface area (Å²) in [7, 11) is 0. The Morgan fingerprint density at radius 3 is 2.21 bits per heavy atom. The van der Waals surface area contributed by atoms with Gasteiger partial charge in [-0.15, -0.1) is 0 Å². The fourth-order valence-electron chi connectivity index (χ4n) is 3.98. The van der Waals surface area contributed by atoms with Crippen molar-refractivity contribution in [2.24, 2.45) is 5.92 Å². The standard InChI is InChI=1S/C24H32N2O2/c1-3-26(4-2)24(27)22-14-16-25(17-15-22)18-20-10-12-23(13-11-20)28-19-21-8-6-5-7-9-21/h5-13,22H,3-4,14-19H2,1-2H3/p+1. The third-order valence-corrected chi connectivity index (χ3v) is 5.74. The number of carbonyl (C=O) groups is 1. The lowest BCUT2D eigenvalue weighted by Gasteiger charge is -2.31. The third-order valence-electron chi connectivity index (χ3n) is 5.74. The topological polar surface area (TPSA) is 34.0 Å². The van der Waals surface area contributed by atoms with Crippen molar-refractivity contribution in [3.8, 4) is 5.75 Å². The molecule has 0 radical (unpaired) electrons. The predicted octanol–water partition coefficient (Wildman–Crippen LogP) is 2.93. The Hall–Kier alpha value is -2.33. The van der Waals surface area contributed by atoms with Crippen LogP contribution in [0.25, 0.3) is 0 Å². The molecule has 1 N–H and O–H groups in total. The van der Waals surface area contributed by atoms with Crippen LogP contribution in [0.15, 0.2) is 54.6 Å². The quantitative estimate of drug-likeness (QED) is 0.763. The van der Waals surface area contributed by atoms with Crippen molar-refractivity contribution in [2.75, 3.05) is 26.2 Å². The van der Waals surface area contributed by atoms with E-state index in [0.29, 0.717) is 12.5 Å². The van der Waals surface area contributed by atoms with Gasteiger partial charge >= 0.3 is 0 Å². The molecule has 1 aliphatic rings. The number of nitrogens with one attached hydrogen (secondary N) is 1. The molecule has 0 aromatic heterocycles. The number of carbonyl (C=O) groups excluding carboxylic acids is 1. The maximum atomic E-state index is 12.5. The van der Waals surface area contributed by atoms with Crippen molar-refractivity contribution in [2.45, 2.75) is 39.8 Å². The zero-order valence-corrected chi connectivity index (χ0v) is 17.2. The van der Waals surface area contributed by atoms with Crippen LogP contribution in [-0.4, -0.2) is 37.0 Å². The molecule has 1 fully saturated rings. The molecule has 0 atom stereocenters. The van der Waals surface area contributed by atoms with Gasteiger partial charge in [0.15, 0.2) is 0 Å². The Morgan fingerprint density at radius 2 is 1.61 bits per heavy atom. The lowest BCUT2D eigenvalue weighted by molar-refractivity contribution is -0.919. The Kier molecular flexibility index (Phi) is 7.49. The first-order valence-electron chi connectivity index (χ1n) is 10.6. The SMILES string of the molecule is CCN(CC)C(=O)C1CC[NH+](Cc2ccc(OCc3ccccc3)cc2)CC1. The number of amides is 1. The molecule has 0 bridgehead atoms. The van der Waals surface area contributed by atoms with Gasteiger partial charge in [-0.1, -0.05) is 30.3 Å². The molecule has 4 nitrogen and oxygen atoms in total. The minimum atomic E-state index is 0.220. The highest BCUT2D eigenvalue weighted by molar-refractivity contribution is 5.78. The number of benzene rings is 2. The summed E-state index contributed by atoms with van der Waals surface area (Å²) in [4.78, 5) is 16.1. The first-order valence-corrected chi connectivity index (χ1v) is 10.6. The fourth-order valence-corrected chi connectivity index (χ4v) is 3.98. The number of piperidine rings is 1. The molecule has 1 aliphatic heterocycles. The summed E-state index contributed by atoms with van der Waals surface area (Å²) in [6.45, 7) is 9.53. The van der Waals surface area contributed by atoms with Crippen LogP contribution < -0.4 is 9.64 Å². The molecule has 0 aliphatic carbocycles. The second-order valence-corrected chi connectivity index (χ2v) is 7.63. The van der Waals surface area contributed by atoms with E-state index in [1.165, 1.54) is 11.1 Å². The molecule has 1 amide bonds. The highest BCUT2D eigenvalue weighted by Crippen LogP contribution is 2.16. The van der Waals surface area contributed by atoms with E-state index in [2.05, 4.69) is 50.2 Å². The largest absolute Gasteiger partial charge is 0.489 e. The highest BCUT2D eigenvalue weighted by Gasteiger charge is 2.29. The normalized spacial score (nSPS) is 19.2. The van der Waals surface area contributed by atoms with Gasteiger partial charge in [0.05, 0.1) is 13.1 Å². The Morgan fingerprint density at radius 1 is 0.964 bits per heavy atom. The number of quaternary nitrogens is 1. The smallest absolute Gasteiger partial charge is 0.226 e. The molecule has 1 heterocycles. The first-order chi connectivity index (χ1) is 13.7. The summed E-state index contributed by atoms with van der Waals surface area (Å²) in [5.41, 5.74) is 2.51. The fraction of sp³-hybridized carbons (Fsp3) is 0.458. The van der Waals surface area contributed by atoms with Gasteiger partial charge in [-0.25, -0.2) is 0 Å². The minimum absolute atomic E-state index is 0.220. The van der Waals surface area contributed by atoms with Gasteiger partial charge in [0.25, 0.3) is 0 Å². The van der Waals surface area contributed by atoms with Crippen molar-refractivity contribution in [3.63, 3.8) is 0 Å². The number of hydrogen-bond acceptors (Lipinski definition) is 2. The Labute approximate surface area is 169 Å². The van der Waals surface area contributed by atoms with Gasteiger partial charge in [0.2, 0.25) is 5.91 Å².